The SMILES string of the molecule is COCCSc1c([N+](=O)[O-])c(C)nn1C. The lowest BCUT2D eigenvalue weighted by Crippen LogP contribution is -1.98. The van der Waals surface area contributed by atoms with Crippen molar-refractivity contribution in [1.82, 2.24) is 9.78 Å². The summed E-state index contributed by atoms with van der Waals surface area (Å²) in [6.07, 6.45) is 0. The van der Waals surface area contributed by atoms with E-state index in [1.165, 1.54) is 16.4 Å². The second kappa shape index (κ2) is 5.13. The molecule has 7 heteroatoms. The van der Waals surface area contributed by atoms with Crippen molar-refractivity contribution in [2.45, 2.75) is 11.9 Å². The molecule has 1 rings (SSSR count). The number of hydrogen-bond donors (Lipinski definition) is 0. The topological polar surface area (TPSA) is 70.2 Å². The fourth-order valence-corrected chi connectivity index (χ4v) is 2.25. The molecule has 0 amide bonds. The van der Waals surface area contributed by atoms with Gasteiger partial charge in [0.2, 0.25) is 0 Å². The first-order valence-electron chi connectivity index (χ1n) is 4.37. The molecule has 0 radical (unpaired) electrons. The predicted molar refractivity (Wildman–Crippen MR) is 57.2 cm³/mol. The van der Waals surface area contributed by atoms with Crippen LogP contribution in [0.15, 0.2) is 5.03 Å². The van der Waals surface area contributed by atoms with E-state index in [0.29, 0.717) is 23.1 Å². The van der Waals surface area contributed by atoms with Crippen LogP contribution in [0.1, 0.15) is 5.69 Å². The summed E-state index contributed by atoms with van der Waals surface area (Å²) in [5.74, 6) is 0.677. The van der Waals surface area contributed by atoms with Crippen molar-refractivity contribution in [3.63, 3.8) is 0 Å². The number of nitro groups is 1. The highest BCUT2D eigenvalue weighted by Gasteiger charge is 2.23. The molecule has 0 aliphatic rings. The van der Waals surface area contributed by atoms with Crippen LogP contribution in [0.25, 0.3) is 0 Å². The number of aryl methyl sites for hydroxylation is 2. The molecular formula is C8H13N3O3S. The first kappa shape index (κ1) is 12.0. The Morgan fingerprint density at radius 1 is 1.67 bits per heavy atom. The quantitative estimate of drug-likeness (QED) is 0.331. The highest BCUT2D eigenvalue weighted by Crippen LogP contribution is 2.31. The molecule has 0 saturated heterocycles. The van der Waals surface area contributed by atoms with Gasteiger partial charge in [0.25, 0.3) is 0 Å². The third kappa shape index (κ3) is 2.69. The Morgan fingerprint density at radius 2 is 2.33 bits per heavy atom. The van der Waals surface area contributed by atoms with Gasteiger partial charge in [0.1, 0.15) is 5.69 Å². The van der Waals surface area contributed by atoms with Crippen molar-refractivity contribution >= 4 is 17.4 Å². The van der Waals surface area contributed by atoms with Crippen LogP contribution >= 0.6 is 11.8 Å². The monoisotopic (exact) mass is 231 g/mol. The Kier molecular flexibility index (Phi) is 4.10. The summed E-state index contributed by atoms with van der Waals surface area (Å²) in [5.41, 5.74) is 0.543. The molecule has 0 aliphatic heterocycles. The molecule has 1 aromatic heterocycles. The first-order valence-corrected chi connectivity index (χ1v) is 5.36. The highest BCUT2D eigenvalue weighted by molar-refractivity contribution is 7.99. The lowest BCUT2D eigenvalue weighted by molar-refractivity contribution is -0.388. The normalized spacial score (nSPS) is 10.6. The zero-order valence-electron chi connectivity index (χ0n) is 8.89. The van der Waals surface area contributed by atoms with Crippen molar-refractivity contribution in [2.75, 3.05) is 19.5 Å². The maximum Gasteiger partial charge on any atom is 0.323 e. The minimum absolute atomic E-state index is 0.0959. The summed E-state index contributed by atoms with van der Waals surface area (Å²) in [5, 5.41) is 15.4. The van der Waals surface area contributed by atoms with Crippen molar-refractivity contribution in [2.24, 2.45) is 7.05 Å². The molecular weight excluding hydrogens is 218 g/mol. The summed E-state index contributed by atoms with van der Waals surface area (Å²) < 4.78 is 6.43. The van der Waals surface area contributed by atoms with E-state index in [2.05, 4.69) is 5.10 Å². The number of ether oxygens (including phenoxy) is 1. The molecule has 0 bridgehead atoms. The molecule has 0 fully saturated rings. The fourth-order valence-electron chi connectivity index (χ4n) is 1.22. The van der Waals surface area contributed by atoms with E-state index in [1.807, 2.05) is 0 Å². The number of rotatable bonds is 5. The van der Waals surface area contributed by atoms with Crippen molar-refractivity contribution in [1.29, 1.82) is 0 Å². The minimum atomic E-state index is -0.391. The van der Waals surface area contributed by atoms with Crippen molar-refractivity contribution < 1.29 is 9.66 Å². The fraction of sp³-hybridized carbons (Fsp3) is 0.625. The molecule has 6 nitrogen and oxygen atoms in total. The van der Waals surface area contributed by atoms with E-state index >= 15 is 0 Å². The molecule has 1 heterocycles. The van der Waals surface area contributed by atoms with Gasteiger partial charge in [0.05, 0.1) is 11.5 Å². The van der Waals surface area contributed by atoms with Crippen LogP contribution in [-0.2, 0) is 11.8 Å². The van der Waals surface area contributed by atoms with Gasteiger partial charge in [-0.25, -0.2) is 0 Å². The second-order valence-corrected chi connectivity index (χ2v) is 4.04. The van der Waals surface area contributed by atoms with Crippen molar-refractivity contribution in [3.05, 3.63) is 15.8 Å². The van der Waals surface area contributed by atoms with Crippen LogP contribution < -0.4 is 0 Å². The van der Waals surface area contributed by atoms with E-state index < -0.39 is 4.92 Å². The summed E-state index contributed by atoms with van der Waals surface area (Å²) in [6, 6.07) is 0. The summed E-state index contributed by atoms with van der Waals surface area (Å²) in [6.45, 7) is 2.20. The van der Waals surface area contributed by atoms with Crippen LogP contribution in [0.3, 0.4) is 0 Å². The zero-order valence-corrected chi connectivity index (χ0v) is 9.71. The zero-order chi connectivity index (χ0) is 11.4. The van der Waals surface area contributed by atoms with Gasteiger partial charge in [0.15, 0.2) is 5.03 Å². The number of thioether (sulfide) groups is 1. The summed E-state index contributed by atoms with van der Waals surface area (Å²) in [7, 11) is 3.30. The van der Waals surface area contributed by atoms with Gasteiger partial charge >= 0.3 is 5.69 Å². The minimum Gasteiger partial charge on any atom is -0.384 e. The van der Waals surface area contributed by atoms with Crippen LogP contribution in [0, 0.1) is 17.0 Å². The number of aromatic nitrogens is 2. The molecule has 0 unspecified atom stereocenters. The molecule has 0 spiro atoms. The first-order chi connectivity index (χ1) is 7.07. The molecule has 0 saturated carbocycles. The van der Waals surface area contributed by atoms with Gasteiger partial charge in [-0.1, -0.05) is 11.8 Å². The average Bonchev–Trinajstić information content (AvgIpc) is 2.42. The van der Waals surface area contributed by atoms with Gasteiger partial charge in [0, 0.05) is 19.9 Å². The Morgan fingerprint density at radius 3 is 2.87 bits per heavy atom. The predicted octanol–water partition coefficient (Wildman–Crippen LogP) is 1.38. The van der Waals surface area contributed by atoms with Crippen LogP contribution in [-0.4, -0.2) is 34.2 Å². The van der Waals surface area contributed by atoms with E-state index in [0.717, 1.165) is 0 Å². The summed E-state index contributed by atoms with van der Waals surface area (Å²) >= 11 is 1.38. The van der Waals surface area contributed by atoms with Crippen molar-refractivity contribution in [3.8, 4) is 0 Å². The van der Waals surface area contributed by atoms with Gasteiger partial charge in [-0.15, -0.1) is 0 Å². The Bertz CT molecular complexity index is 364. The maximum atomic E-state index is 10.8. The van der Waals surface area contributed by atoms with Gasteiger partial charge in [-0.05, 0) is 6.92 Å². The summed E-state index contributed by atoms with van der Waals surface area (Å²) in [4.78, 5) is 10.4. The Labute approximate surface area is 91.8 Å². The van der Waals surface area contributed by atoms with Crippen LogP contribution in [0.4, 0.5) is 5.69 Å². The number of methoxy groups -OCH3 is 1. The standard InChI is InChI=1S/C8H13N3O3S/c1-6-7(11(12)13)8(10(2)9-6)15-5-4-14-3/h4-5H2,1-3H3. The van der Waals surface area contributed by atoms with Crippen LogP contribution in [0.5, 0.6) is 0 Å². The molecule has 0 aliphatic carbocycles. The van der Waals surface area contributed by atoms with Gasteiger partial charge in [-0.3, -0.25) is 14.8 Å². The third-order valence-corrected chi connectivity index (χ3v) is 2.95. The molecule has 0 N–H and O–H groups in total. The largest absolute Gasteiger partial charge is 0.384 e. The highest BCUT2D eigenvalue weighted by atomic mass is 32.2. The molecule has 15 heavy (non-hydrogen) atoms. The number of hydrogen-bond acceptors (Lipinski definition) is 5. The molecule has 1 aromatic rings. The van der Waals surface area contributed by atoms with E-state index in [-0.39, 0.29) is 5.69 Å². The average molecular weight is 231 g/mol. The Hall–Kier alpha value is -1.08. The smallest absolute Gasteiger partial charge is 0.323 e. The van der Waals surface area contributed by atoms with Gasteiger partial charge in [-0.2, -0.15) is 5.10 Å². The van der Waals surface area contributed by atoms with Gasteiger partial charge < -0.3 is 4.74 Å². The van der Waals surface area contributed by atoms with E-state index in [4.69, 9.17) is 4.74 Å². The lowest BCUT2D eigenvalue weighted by Gasteiger charge is -2.00. The number of nitrogens with zero attached hydrogens (tertiary/aromatic N) is 3. The van der Waals surface area contributed by atoms with E-state index in [1.54, 1.807) is 21.1 Å². The molecule has 84 valence electrons. The van der Waals surface area contributed by atoms with Crippen LogP contribution in [0.2, 0.25) is 0 Å². The third-order valence-electron chi connectivity index (χ3n) is 1.85. The Balaban J connectivity index is 2.89. The lowest BCUT2D eigenvalue weighted by atomic mass is 10.4. The molecule has 0 atom stereocenters. The second-order valence-electron chi connectivity index (χ2n) is 2.96. The van der Waals surface area contributed by atoms with E-state index in [9.17, 15) is 10.1 Å². The maximum absolute atomic E-state index is 10.8. The molecule has 0 aromatic carbocycles.